The van der Waals surface area contributed by atoms with Crippen LogP contribution in [0.1, 0.15) is 53.4 Å². The summed E-state index contributed by atoms with van der Waals surface area (Å²) in [6.07, 6.45) is 4.46. The van der Waals surface area contributed by atoms with Crippen molar-refractivity contribution in [1.29, 1.82) is 0 Å². The Balaban J connectivity index is 3.44. The zero-order chi connectivity index (χ0) is 11.0. The van der Waals surface area contributed by atoms with Gasteiger partial charge in [-0.2, -0.15) is 0 Å². The molecule has 2 heteroatoms. The molecular weight excluding hydrogens is 192 g/mol. The lowest BCUT2D eigenvalue weighted by Crippen LogP contribution is -2.02. The van der Waals surface area contributed by atoms with E-state index in [1.54, 1.807) is 0 Å². The average molecular weight is 215 g/mol. The first-order valence-corrected chi connectivity index (χ1v) is 6.41. The summed E-state index contributed by atoms with van der Waals surface area (Å²) in [5, 5.41) is 0.310. The molecule has 0 saturated heterocycles. The van der Waals surface area contributed by atoms with Crippen molar-refractivity contribution in [2.45, 2.75) is 53.4 Å². The molecule has 0 aromatic carbocycles. The number of hydrogen-bond donors (Lipinski definition) is 0. The smallest absolute Gasteiger partial charge is 0.189 e. The van der Waals surface area contributed by atoms with Gasteiger partial charge in [-0.05, 0) is 11.8 Å². The van der Waals surface area contributed by atoms with Gasteiger partial charge < -0.3 is 0 Å². The first-order chi connectivity index (χ1) is 6.56. The van der Waals surface area contributed by atoms with Crippen LogP contribution in [0, 0.1) is 17.6 Å². The van der Waals surface area contributed by atoms with Crippen molar-refractivity contribution in [2.24, 2.45) is 11.8 Å². The maximum atomic E-state index is 11.3. The van der Waals surface area contributed by atoms with Crippen LogP contribution in [0.2, 0.25) is 0 Å². The molecule has 1 atom stereocenters. The number of hydrogen-bond acceptors (Lipinski definition) is 2. The van der Waals surface area contributed by atoms with E-state index in [1.807, 2.05) is 12.7 Å². The third-order valence-electron chi connectivity index (χ3n) is 2.24. The molecule has 0 aromatic heterocycles. The summed E-state index contributed by atoms with van der Waals surface area (Å²) in [7, 11) is 0. The summed E-state index contributed by atoms with van der Waals surface area (Å²) in [4.78, 5) is 11.3. The van der Waals surface area contributed by atoms with Crippen LogP contribution in [-0.2, 0) is 4.79 Å². The minimum atomic E-state index is 0.310. The van der Waals surface area contributed by atoms with Gasteiger partial charge in [0.15, 0.2) is 5.12 Å². The quantitative estimate of drug-likeness (QED) is 0.630. The molecule has 0 aliphatic rings. The summed E-state index contributed by atoms with van der Waals surface area (Å²) in [5.41, 5.74) is 0. The van der Waals surface area contributed by atoms with E-state index < -0.39 is 0 Å². The second-order valence-electron chi connectivity index (χ2n) is 4.36. The molecule has 83 valence electrons. The monoisotopic (exact) mass is 215 g/mol. The van der Waals surface area contributed by atoms with Gasteiger partial charge in [0.25, 0.3) is 0 Å². The molecule has 0 spiro atoms. The van der Waals surface area contributed by atoms with E-state index in [0.717, 1.165) is 12.3 Å². The van der Waals surface area contributed by atoms with Gasteiger partial charge >= 0.3 is 0 Å². The highest BCUT2D eigenvalue weighted by Gasteiger charge is 2.08. The molecule has 0 aliphatic heterocycles. The van der Waals surface area contributed by atoms with Crippen molar-refractivity contribution in [3.8, 4) is 0 Å². The summed E-state index contributed by atoms with van der Waals surface area (Å²) in [5.74, 6) is 3.20. The summed E-state index contributed by atoms with van der Waals surface area (Å²) < 4.78 is 0. The normalized spacial score (nSPS) is 13.2. The van der Waals surface area contributed by atoms with Gasteiger partial charge in [-0.3, -0.25) is 4.79 Å². The maximum absolute atomic E-state index is 11.3. The molecule has 0 rings (SSSR count). The van der Waals surface area contributed by atoms with E-state index in [9.17, 15) is 4.79 Å². The first kappa shape index (κ1) is 14.0. The number of carbonyl (C=O) groups is 1. The van der Waals surface area contributed by atoms with Gasteiger partial charge in [-0.1, -0.05) is 58.7 Å². The molecule has 0 fully saturated rings. The Morgan fingerprint density at radius 2 is 1.93 bits per heavy atom. The van der Waals surface area contributed by atoms with Gasteiger partial charge in [-0.25, -0.2) is 0 Å². The van der Waals surface area contributed by atoms with E-state index in [0.29, 0.717) is 11.0 Å². The highest BCUT2D eigenvalue weighted by Crippen LogP contribution is 2.19. The molecule has 1 radical (unpaired) electrons. The lowest BCUT2D eigenvalue weighted by molar-refractivity contribution is -0.111. The Morgan fingerprint density at radius 3 is 2.43 bits per heavy atom. The standard InChI is InChI=1S/C12H23OS/c1-5-14-12(13)9-11(4)8-6-7-10(2)3/h5,10-11H,6-9H2,1-4H3. The van der Waals surface area contributed by atoms with Crippen molar-refractivity contribution in [2.75, 3.05) is 0 Å². The van der Waals surface area contributed by atoms with E-state index >= 15 is 0 Å². The fourth-order valence-corrected chi connectivity index (χ4v) is 2.08. The molecule has 1 unspecified atom stereocenters. The number of rotatable bonds is 7. The van der Waals surface area contributed by atoms with Crippen molar-refractivity contribution < 1.29 is 4.79 Å². The van der Waals surface area contributed by atoms with Crippen LogP contribution in [0.3, 0.4) is 0 Å². The summed E-state index contributed by atoms with van der Waals surface area (Å²) in [6.45, 7) is 8.58. The molecule has 0 aliphatic carbocycles. The summed E-state index contributed by atoms with van der Waals surface area (Å²) in [6, 6.07) is 0. The second-order valence-corrected chi connectivity index (χ2v) is 5.52. The largest absolute Gasteiger partial charge is 0.287 e. The zero-order valence-corrected chi connectivity index (χ0v) is 10.7. The molecule has 0 N–H and O–H groups in total. The fraction of sp³-hybridized carbons (Fsp3) is 0.833. The molecule has 0 heterocycles. The predicted molar refractivity (Wildman–Crippen MR) is 65.0 cm³/mol. The van der Waals surface area contributed by atoms with E-state index in [-0.39, 0.29) is 0 Å². The van der Waals surface area contributed by atoms with Crippen molar-refractivity contribution in [3.63, 3.8) is 0 Å². The lowest BCUT2D eigenvalue weighted by Gasteiger charge is -2.10. The molecule has 0 saturated carbocycles. The minimum absolute atomic E-state index is 0.310. The molecule has 1 nitrogen and oxygen atoms in total. The van der Waals surface area contributed by atoms with Crippen LogP contribution in [0.15, 0.2) is 0 Å². The highest BCUT2D eigenvalue weighted by atomic mass is 32.2. The molecule has 0 aromatic rings. The molecule has 0 bridgehead atoms. The van der Waals surface area contributed by atoms with E-state index in [4.69, 9.17) is 0 Å². The third kappa shape index (κ3) is 8.61. The second kappa shape index (κ2) is 8.34. The number of carbonyl (C=O) groups excluding carboxylic acids is 1. The molecular formula is C12H23OS. The van der Waals surface area contributed by atoms with E-state index in [2.05, 4.69) is 20.8 Å². The van der Waals surface area contributed by atoms with Gasteiger partial charge in [-0.15, -0.1) is 0 Å². The first-order valence-electron chi connectivity index (χ1n) is 5.53. The number of thioether (sulfide) groups is 1. The van der Waals surface area contributed by atoms with Crippen molar-refractivity contribution in [3.05, 3.63) is 5.75 Å². The van der Waals surface area contributed by atoms with Crippen LogP contribution in [0.5, 0.6) is 0 Å². The van der Waals surface area contributed by atoms with Crippen LogP contribution >= 0.6 is 11.8 Å². The van der Waals surface area contributed by atoms with Gasteiger partial charge in [0.1, 0.15) is 0 Å². The summed E-state index contributed by atoms with van der Waals surface area (Å²) >= 11 is 1.34. The van der Waals surface area contributed by atoms with Crippen LogP contribution in [-0.4, -0.2) is 5.12 Å². The van der Waals surface area contributed by atoms with Crippen LogP contribution in [0.25, 0.3) is 0 Å². The van der Waals surface area contributed by atoms with Crippen LogP contribution in [0.4, 0.5) is 0 Å². The van der Waals surface area contributed by atoms with Gasteiger partial charge in [0.05, 0.1) is 0 Å². The molecule has 0 amide bonds. The van der Waals surface area contributed by atoms with E-state index in [1.165, 1.54) is 31.0 Å². The van der Waals surface area contributed by atoms with Crippen molar-refractivity contribution >= 4 is 16.9 Å². The lowest BCUT2D eigenvalue weighted by atomic mass is 9.98. The van der Waals surface area contributed by atoms with Crippen molar-refractivity contribution in [1.82, 2.24) is 0 Å². The topological polar surface area (TPSA) is 17.1 Å². The average Bonchev–Trinajstić information content (AvgIpc) is 2.03. The maximum Gasteiger partial charge on any atom is 0.189 e. The molecule has 14 heavy (non-hydrogen) atoms. The predicted octanol–water partition coefficient (Wildman–Crippen LogP) is 4.28. The minimum Gasteiger partial charge on any atom is -0.287 e. The Hall–Kier alpha value is 0.0200. The van der Waals surface area contributed by atoms with Gasteiger partial charge in [0.2, 0.25) is 0 Å². The van der Waals surface area contributed by atoms with Gasteiger partial charge in [0, 0.05) is 12.2 Å². The Kier molecular flexibility index (Phi) is 8.35. The Bertz CT molecular complexity index is 154. The third-order valence-corrected chi connectivity index (χ3v) is 2.91. The van der Waals surface area contributed by atoms with Crippen LogP contribution < -0.4 is 0 Å². The zero-order valence-electron chi connectivity index (χ0n) is 9.88. The fourth-order valence-electron chi connectivity index (χ4n) is 1.44. The SMILES string of the molecule is C[CH]SC(=O)CC(C)CCCC(C)C. The highest BCUT2D eigenvalue weighted by molar-refractivity contribution is 8.15. The Labute approximate surface area is 93.0 Å². The Morgan fingerprint density at radius 1 is 1.29 bits per heavy atom.